The smallest absolute Gasteiger partial charge is 0.248 e. The maximum absolute atomic E-state index is 12.0. The van der Waals surface area contributed by atoms with Crippen LogP contribution in [0.25, 0.3) is 11.5 Å². The molecule has 0 fully saturated rings. The first-order valence-electron chi connectivity index (χ1n) is 6.53. The van der Waals surface area contributed by atoms with Gasteiger partial charge in [-0.25, -0.2) is 0 Å². The number of nitrogens with one attached hydrogen (secondary N) is 1. The van der Waals surface area contributed by atoms with Gasteiger partial charge in [-0.05, 0) is 42.1 Å². The number of anilines is 1. The molecule has 1 aromatic carbocycles. The van der Waals surface area contributed by atoms with Crippen LogP contribution in [-0.2, 0) is 11.2 Å². The Hall–Kier alpha value is -2.18. The molecule has 1 N–H and O–H groups in total. The van der Waals surface area contributed by atoms with Gasteiger partial charge in [-0.1, -0.05) is 11.6 Å². The minimum absolute atomic E-state index is 0.0270. The van der Waals surface area contributed by atoms with Crippen LogP contribution in [0.1, 0.15) is 11.5 Å². The van der Waals surface area contributed by atoms with Gasteiger partial charge in [0.2, 0.25) is 17.7 Å². The van der Waals surface area contributed by atoms with Crippen molar-refractivity contribution in [3.63, 3.8) is 0 Å². The summed E-state index contributed by atoms with van der Waals surface area (Å²) in [6.07, 6.45) is 0.0270. The fourth-order valence-corrected chi connectivity index (χ4v) is 2.78. The van der Waals surface area contributed by atoms with E-state index in [1.54, 1.807) is 29.5 Å². The molecule has 0 saturated carbocycles. The molecule has 0 unspecified atom stereocenters. The van der Waals surface area contributed by atoms with E-state index in [4.69, 9.17) is 16.0 Å². The molecule has 0 bridgehead atoms. The summed E-state index contributed by atoms with van der Waals surface area (Å²) in [6, 6.07) is 7.17. The Labute approximate surface area is 135 Å². The van der Waals surface area contributed by atoms with Crippen molar-refractivity contribution >= 4 is 34.5 Å². The predicted molar refractivity (Wildman–Crippen MR) is 86.1 cm³/mol. The molecule has 1 amide bonds. The number of aryl methyl sites for hydroxylation is 1. The van der Waals surface area contributed by atoms with Crippen molar-refractivity contribution in [3.8, 4) is 11.5 Å². The summed E-state index contributed by atoms with van der Waals surface area (Å²) in [4.78, 5) is 12.0. The number of hydrogen-bond acceptors (Lipinski definition) is 5. The van der Waals surface area contributed by atoms with Crippen molar-refractivity contribution < 1.29 is 9.21 Å². The first-order valence-corrected chi connectivity index (χ1v) is 7.85. The lowest BCUT2D eigenvalue weighted by Crippen LogP contribution is -2.15. The molecule has 2 heterocycles. The lowest BCUT2D eigenvalue weighted by Gasteiger charge is -2.07. The van der Waals surface area contributed by atoms with Gasteiger partial charge in [0.25, 0.3) is 0 Å². The summed E-state index contributed by atoms with van der Waals surface area (Å²) in [5.41, 5.74) is 2.47. The Balaban J connectivity index is 1.67. The second kappa shape index (κ2) is 6.29. The molecule has 3 aromatic rings. The molecule has 0 radical (unpaired) electrons. The summed E-state index contributed by atoms with van der Waals surface area (Å²) in [7, 11) is 0. The zero-order valence-corrected chi connectivity index (χ0v) is 13.2. The Morgan fingerprint density at radius 2 is 2.23 bits per heavy atom. The maximum atomic E-state index is 12.0. The average molecular weight is 334 g/mol. The van der Waals surface area contributed by atoms with Crippen molar-refractivity contribution in [2.45, 2.75) is 13.3 Å². The Morgan fingerprint density at radius 1 is 1.36 bits per heavy atom. The second-order valence-corrected chi connectivity index (χ2v) is 5.91. The van der Waals surface area contributed by atoms with Gasteiger partial charge in [0.1, 0.15) is 6.42 Å². The summed E-state index contributed by atoms with van der Waals surface area (Å²) < 4.78 is 5.49. The van der Waals surface area contributed by atoms with Crippen molar-refractivity contribution in [3.05, 3.63) is 51.5 Å². The van der Waals surface area contributed by atoms with Crippen LogP contribution in [-0.4, -0.2) is 16.1 Å². The van der Waals surface area contributed by atoms with Crippen LogP contribution in [0, 0.1) is 6.92 Å². The standard InChI is InChI=1S/C15H12ClN3O2S/c1-9-6-11(16)2-3-12(9)17-13(20)7-14-18-19-15(21-14)10-4-5-22-8-10/h2-6,8H,7H2,1H3,(H,17,20). The summed E-state index contributed by atoms with van der Waals surface area (Å²) in [6.45, 7) is 1.88. The fraction of sp³-hybridized carbons (Fsp3) is 0.133. The molecule has 0 aliphatic rings. The molecular weight excluding hydrogens is 322 g/mol. The topological polar surface area (TPSA) is 68.0 Å². The largest absolute Gasteiger partial charge is 0.420 e. The number of halogens is 1. The molecule has 0 aliphatic heterocycles. The van der Waals surface area contributed by atoms with Crippen LogP contribution in [0.2, 0.25) is 5.02 Å². The minimum Gasteiger partial charge on any atom is -0.420 e. The highest BCUT2D eigenvalue weighted by Crippen LogP contribution is 2.22. The van der Waals surface area contributed by atoms with E-state index >= 15 is 0 Å². The highest BCUT2D eigenvalue weighted by Gasteiger charge is 2.13. The van der Waals surface area contributed by atoms with Gasteiger partial charge in [0.05, 0.1) is 0 Å². The normalized spacial score (nSPS) is 10.6. The first-order chi connectivity index (χ1) is 10.6. The lowest BCUT2D eigenvalue weighted by atomic mass is 10.2. The van der Waals surface area contributed by atoms with Crippen molar-refractivity contribution in [2.24, 2.45) is 0 Å². The van der Waals surface area contributed by atoms with E-state index in [2.05, 4.69) is 15.5 Å². The van der Waals surface area contributed by atoms with Gasteiger partial charge in [-0.2, -0.15) is 11.3 Å². The number of rotatable bonds is 4. The number of carbonyl (C=O) groups is 1. The molecule has 0 aliphatic carbocycles. The highest BCUT2D eigenvalue weighted by molar-refractivity contribution is 7.08. The van der Waals surface area contributed by atoms with Crippen molar-refractivity contribution in [2.75, 3.05) is 5.32 Å². The quantitative estimate of drug-likeness (QED) is 0.785. The zero-order chi connectivity index (χ0) is 15.5. The zero-order valence-electron chi connectivity index (χ0n) is 11.7. The number of hydrogen-bond donors (Lipinski definition) is 1. The summed E-state index contributed by atoms with van der Waals surface area (Å²) in [5.74, 6) is 0.489. The third-order valence-electron chi connectivity index (χ3n) is 3.01. The SMILES string of the molecule is Cc1cc(Cl)ccc1NC(=O)Cc1nnc(-c2ccsc2)o1. The third kappa shape index (κ3) is 3.35. The van der Waals surface area contributed by atoms with Gasteiger partial charge in [-0.3, -0.25) is 4.79 Å². The molecule has 3 rings (SSSR count). The van der Waals surface area contributed by atoms with Gasteiger partial charge in [-0.15, -0.1) is 10.2 Å². The van der Waals surface area contributed by atoms with E-state index in [-0.39, 0.29) is 18.2 Å². The van der Waals surface area contributed by atoms with Crippen LogP contribution in [0.4, 0.5) is 5.69 Å². The Bertz CT molecular complexity index is 799. The molecule has 7 heteroatoms. The van der Waals surface area contributed by atoms with E-state index in [1.807, 2.05) is 23.8 Å². The van der Waals surface area contributed by atoms with Crippen LogP contribution in [0.3, 0.4) is 0 Å². The molecule has 0 spiro atoms. The molecule has 112 valence electrons. The second-order valence-electron chi connectivity index (χ2n) is 4.70. The number of carbonyl (C=O) groups excluding carboxylic acids is 1. The molecule has 22 heavy (non-hydrogen) atoms. The highest BCUT2D eigenvalue weighted by atomic mass is 35.5. The number of aromatic nitrogens is 2. The predicted octanol–water partition coefficient (Wildman–Crippen LogP) is 3.94. The minimum atomic E-state index is -0.217. The van der Waals surface area contributed by atoms with Gasteiger partial charge in [0.15, 0.2) is 0 Å². The number of benzene rings is 1. The van der Waals surface area contributed by atoms with Crippen LogP contribution in [0.5, 0.6) is 0 Å². The van der Waals surface area contributed by atoms with Crippen LogP contribution in [0.15, 0.2) is 39.4 Å². The lowest BCUT2D eigenvalue weighted by molar-refractivity contribution is -0.115. The number of nitrogens with zero attached hydrogens (tertiary/aromatic N) is 2. The van der Waals surface area contributed by atoms with E-state index < -0.39 is 0 Å². The van der Waals surface area contributed by atoms with Crippen molar-refractivity contribution in [1.29, 1.82) is 0 Å². The van der Waals surface area contributed by atoms with E-state index in [0.29, 0.717) is 16.6 Å². The number of amides is 1. The monoisotopic (exact) mass is 333 g/mol. The maximum Gasteiger partial charge on any atom is 0.248 e. The summed E-state index contributed by atoms with van der Waals surface area (Å²) >= 11 is 7.43. The third-order valence-corrected chi connectivity index (χ3v) is 3.93. The first kappa shape index (κ1) is 14.7. The fourth-order valence-electron chi connectivity index (χ4n) is 1.93. The molecule has 0 atom stereocenters. The Morgan fingerprint density at radius 3 is 2.95 bits per heavy atom. The van der Waals surface area contributed by atoms with Gasteiger partial charge in [0, 0.05) is 21.7 Å². The van der Waals surface area contributed by atoms with Gasteiger partial charge < -0.3 is 9.73 Å². The van der Waals surface area contributed by atoms with E-state index in [1.165, 1.54) is 0 Å². The Kier molecular flexibility index (Phi) is 4.22. The molecule has 5 nitrogen and oxygen atoms in total. The summed E-state index contributed by atoms with van der Waals surface area (Å²) in [5, 5.41) is 15.1. The molecule has 0 saturated heterocycles. The van der Waals surface area contributed by atoms with Gasteiger partial charge >= 0.3 is 0 Å². The van der Waals surface area contributed by atoms with E-state index in [0.717, 1.165) is 11.1 Å². The van der Waals surface area contributed by atoms with E-state index in [9.17, 15) is 4.79 Å². The molecule has 2 aromatic heterocycles. The van der Waals surface area contributed by atoms with Crippen molar-refractivity contribution in [1.82, 2.24) is 10.2 Å². The van der Waals surface area contributed by atoms with Crippen LogP contribution >= 0.6 is 22.9 Å². The van der Waals surface area contributed by atoms with Crippen LogP contribution < -0.4 is 5.32 Å². The number of thiophene rings is 1. The average Bonchev–Trinajstić information content (AvgIpc) is 3.12. The molecular formula is C15H12ClN3O2S.